The zero-order valence-corrected chi connectivity index (χ0v) is 13.6. The number of carbonyl (C=O) groups excluding carboxylic acids is 1. The lowest BCUT2D eigenvalue weighted by atomic mass is 9.45. The predicted octanol–water partition coefficient (Wildman–Crippen LogP) is 3.96. The van der Waals surface area contributed by atoms with Crippen LogP contribution in [0.25, 0.3) is 0 Å². The first-order valence-corrected chi connectivity index (χ1v) is 9.16. The Bertz CT molecular complexity index is 458. The van der Waals surface area contributed by atoms with Gasteiger partial charge in [0.2, 0.25) is 0 Å². The standard InChI is InChI=1S/C19H30O2/c1-18-9-7-13(20)11-12(18)3-4-14-15-5-6-17(21)19(15,2)10-8-16(14)18/h12-16,20H,3-11H2,1-2H3/t12-,13-,14-,15+,16+,18-,19-/m0/s1. The second kappa shape index (κ2) is 4.57. The third kappa shape index (κ3) is 1.84. The topological polar surface area (TPSA) is 37.3 Å². The van der Waals surface area contributed by atoms with Crippen LogP contribution in [0.3, 0.4) is 0 Å². The molecule has 0 radical (unpaired) electrons. The lowest BCUT2D eigenvalue weighted by Gasteiger charge is -2.60. The van der Waals surface area contributed by atoms with E-state index in [1.807, 2.05) is 0 Å². The molecule has 0 aromatic rings. The van der Waals surface area contributed by atoms with Gasteiger partial charge in [0.15, 0.2) is 0 Å². The third-order valence-electron chi connectivity index (χ3n) is 8.35. The van der Waals surface area contributed by atoms with Gasteiger partial charge in [-0.1, -0.05) is 13.8 Å². The highest BCUT2D eigenvalue weighted by molar-refractivity contribution is 5.87. The predicted molar refractivity (Wildman–Crippen MR) is 82.7 cm³/mol. The Balaban J connectivity index is 1.64. The zero-order chi connectivity index (χ0) is 14.8. The van der Waals surface area contributed by atoms with Crippen molar-refractivity contribution in [3.8, 4) is 0 Å². The van der Waals surface area contributed by atoms with E-state index >= 15 is 0 Å². The molecule has 4 rings (SSSR count). The molecule has 0 saturated heterocycles. The lowest BCUT2D eigenvalue weighted by molar-refractivity contribution is -0.142. The minimum Gasteiger partial charge on any atom is -0.393 e. The number of carbonyl (C=O) groups is 1. The van der Waals surface area contributed by atoms with Crippen molar-refractivity contribution in [2.24, 2.45) is 34.5 Å². The maximum absolute atomic E-state index is 12.4. The Kier molecular flexibility index (Phi) is 3.10. The smallest absolute Gasteiger partial charge is 0.139 e. The SMILES string of the molecule is C[C@]12CC[C@H](O)C[C@@H]1CC[C@@H]1[C@H]2CC[C@]2(C)C(=O)CC[C@H]12. The molecule has 4 fully saturated rings. The van der Waals surface area contributed by atoms with Crippen LogP contribution in [-0.2, 0) is 4.79 Å². The van der Waals surface area contributed by atoms with Gasteiger partial charge < -0.3 is 5.11 Å². The number of hydrogen-bond acceptors (Lipinski definition) is 2. The van der Waals surface area contributed by atoms with Crippen LogP contribution in [0, 0.1) is 34.5 Å². The van der Waals surface area contributed by atoms with E-state index in [4.69, 9.17) is 0 Å². The minimum atomic E-state index is -0.0541. The summed E-state index contributed by atoms with van der Waals surface area (Å²) in [6.07, 6.45) is 10.1. The van der Waals surface area contributed by atoms with Crippen molar-refractivity contribution in [1.82, 2.24) is 0 Å². The summed E-state index contributed by atoms with van der Waals surface area (Å²) in [5.74, 6) is 3.54. The molecule has 4 aliphatic rings. The van der Waals surface area contributed by atoms with Crippen molar-refractivity contribution in [2.75, 3.05) is 0 Å². The van der Waals surface area contributed by atoms with E-state index in [1.54, 1.807) is 0 Å². The van der Waals surface area contributed by atoms with Crippen LogP contribution in [-0.4, -0.2) is 17.0 Å². The van der Waals surface area contributed by atoms with E-state index in [1.165, 1.54) is 25.7 Å². The van der Waals surface area contributed by atoms with Crippen LogP contribution < -0.4 is 0 Å². The van der Waals surface area contributed by atoms with Crippen LogP contribution in [0.5, 0.6) is 0 Å². The summed E-state index contributed by atoms with van der Waals surface area (Å²) >= 11 is 0. The molecule has 2 heteroatoms. The molecule has 0 unspecified atom stereocenters. The summed E-state index contributed by atoms with van der Waals surface area (Å²) in [5.41, 5.74) is 0.452. The molecule has 21 heavy (non-hydrogen) atoms. The van der Waals surface area contributed by atoms with E-state index in [9.17, 15) is 9.90 Å². The molecule has 0 amide bonds. The number of aliphatic hydroxyl groups excluding tert-OH is 1. The molecule has 2 nitrogen and oxygen atoms in total. The van der Waals surface area contributed by atoms with E-state index < -0.39 is 0 Å². The Morgan fingerprint density at radius 1 is 1.00 bits per heavy atom. The highest BCUT2D eigenvalue weighted by atomic mass is 16.3. The lowest BCUT2D eigenvalue weighted by Crippen LogP contribution is -2.54. The first kappa shape index (κ1) is 14.2. The number of ketones is 1. The maximum atomic E-state index is 12.4. The second-order valence-corrected chi connectivity index (χ2v) is 9.00. The average molecular weight is 290 g/mol. The number of Topliss-reactive ketones (excluding diaryl/α,β-unsaturated/α-hetero) is 1. The van der Waals surface area contributed by atoms with E-state index in [0.29, 0.717) is 17.1 Å². The van der Waals surface area contributed by atoms with Crippen LogP contribution in [0.15, 0.2) is 0 Å². The van der Waals surface area contributed by atoms with Gasteiger partial charge in [-0.2, -0.15) is 0 Å². The Labute approximate surface area is 128 Å². The summed E-state index contributed by atoms with van der Waals surface area (Å²) < 4.78 is 0. The fraction of sp³-hybridized carbons (Fsp3) is 0.947. The number of aliphatic hydroxyl groups is 1. The van der Waals surface area contributed by atoms with Gasteiger partial charge >= 0.3 is 0 Å². The van der Waals surface area contributed by atoms with E-state index in [2.05, 4.69) is 13.8 Å². The van der Waals surface area contributed by atoms with E-state index in [0.717, 1.165) is 49.9 Å². The van der Waals surface area contributed by atoms with Gasteiger partial charge in [0.1, 0.15) is 5.78 Å². The van der Waals surface area contributed by atoms with Crippen LogP contribution in [0.4, 0.5) is 0 Å². The number of rotatable bonds is 0. The molecule has 4 aliphatic carbocycles. The van der Waals surface area contributed by atoms with Crippen LogP contribution >= 0.6 is 0 Å². The molecule has 0 bridgehead atoms. The van der Waals surface area contributed by atoms with Gasteiger partial charge in [0.05, 0.1) is 6.10 Å². The first-order valence-electron chi connectivity index (χ1n) is 9.16. The zero-order valence-electron chi connectivity index (χ0n) is 13.6. The molecule has 0 spiro atoms. The van der Waals surface area contributed by atoms with Gasteiger partial charge in [0, 0.05) is 11.8 Å². The third-order valence-corrected chi connectivity index (χ3v) is 8.35. The number of fused-ring (bicyclic) bond motifs is 5. The quantitative estimate of drug-likeness (QED) is 0.733. The Morgan fingerprint density at radius 2 is 1.81 bits per heavy atom. The first-order chi connectivity index (χ1) is 9.95. The van der Waals surface area contributed by atoms with Crippen molar-refractivity contribution in [2.45, 2.75) is 77.7 Å². The van der Waals surface area contributed by atoms with Gasteiger partial charge in [0.25, 0.3) is 0 Å². The molecular weight excluding hydrogens is 260 g/mol. The van der Waals surface area contributed by atoms with Crippen molar-refractivity contribution in [3.05, 3.63) is 0 Å². The second-order valence-electron chi connectivity index (χ2n) is 9.00. The normalized spacial score (nSPS) is 56.5. The van der Waals surface area contributed by atoms with Crippen LogP contribution in [0.1, 0.15) is 71.6 Å². The van der Waals surface area contributed by atoms with Gasteiger partial charge in [-0.05, 0) is 80.5 Å². The van der Waals surface area contributed by atoms with Crippen molar-refractivity contribution >= 4 is 5.78 Å². The number of hydrogen-bond donors (Lipinski definition) is 1. The van der Waals surface area contributed by atoms with Gasteiger partial charge in [-0.25, -0.2) is 0 Å². The highest BCUT2D eigenvalue weighted by Crippen LogP contribution is 2.65. The minimum absolute atomic E-state index is 0.0124. The Morgan fingerprint density at radius 3 is 2.62 bits per heavy atom. The van der Waals surface area contributed by atoms with Gasteiger partial charge in [-0.15, -0.1) is 0 Å². The fourth-order valence-corrected chi connectivity index (χ4v) is 7.01. The van der Waals surface area contributed by atoms with Crippen molar-refractivity contribution in [3.63, 3.8) is 0 Å². The molecule has 0 aromatic carbocycles. The van der Waals surface area contributed by atoms with Crippen LogP contribution in [0.2, 0.25) is 0 Å². The molecule has 7 atom stereocenters. The summed E-state index contributed by atoms with van der Waals surface area (Å²) in [5, 5.41) is 10.0. The van der Waals surface area contributed by atoms with Crippen molar-refractivity contribution in [1.29, 1.82) is 0 Å². The monoisotopic (exact) mass is 290 g/mol. The maximum Gasteiger partial charge on any atom is 0.139 e. The van der Waals surface area contributed by atoms with Gasteiger partial charge in [-0.3, -0.25) is 4.79 Å². The molecule has 0 heterocycles. The summed E-state index contributed by atoms with van der Waals surface area (Å²) in [6.45, 7) is 4.78. The summed E-state index contributed by atoms with van der Waals surface area (Å²) in [7, 11) is 0. The summed E-state index contributed by atoms with van der Waals surface area (Å²) in [6, 6.07) is 0. The molecule has 0 aliphatic heterocycles. The Hall–Kier alpha value is -0.370. The molecule has 118 valence electrons. The largest absolute Gasteiger partial charge is 0.393 e. The van der Waals surface area contributed by atoms with E-state index in [-0.39, 0.29) is 11.5 Å². The molecule has 0 aromatic heterocycles. The summed E-state index contributed by atoms with van der Waals surface area (Å²) in [4.78, 5) is 12.4. The molecular formula is C19H30O2. The fourth-order valence-electron chi connectivity index (χ4n) is 7.01. The molecule has 1 N–H and O–H groups in total. The van der Waals surface area contributed by atoms with Crippen molar-refractivity contribution < 1.29 is 9.90 Å². The average Bonchev–Trinajstić information content (AvgIpc) is 2.76. The highest BCUT2D eigenvalue weighted by Gasteiger charge is 2.60. The molecule has 4 saturated carbocycles.